The maximum Gasteiger partial charge on any atom is 0.254 e. The number of amides is 1. The summed E-state index contributed by atoms with van der Waals surface area (Å²) in [6, 6.07) is 1.75. The predicted molar refractivity (Wildman–Crippen MR) is 69.4 cm³/mol. The predicted octanol–water partition coefficient (Wildman–Crippen LogP) is 1.77. The second kappa shape index (κ2) is 5.06. The fourth-order valence-electron chi connectivity index (χ4n) is 2.46. The summed E-state index contributed by atoms with van der Waals surface area (Å²) in [5.74, 6) is 0.00137. The monoisotopic (exact) mass is 248 g/mol. The van der Waals surface area contributed by atoms with Gasteiger partial charge in [0.1, 0.15) is 0 Å². The van der Waals surface area contributed by atoms with Crippen molar-refractivity contribution in [2.45, 2.75) is 38.7 Å². The molecule has 1 aliphatic heterocycles. The summed E-state index contributed by atoms with van der Waals surface area (Å²) in [4.78, 5) is 18.2. The molecular formula is C14H20N2O2. The average molecular weight is 248 g/mol. The number of aromatic nitrogens is 1. The summed E-state index contributed by atoms with van der Waals surface area (Å²) in [6.07, 6.45) is 5.66. The molecule has 0 unspecified atom stereocenters. The zero-order valence-electron chi connectivity index (χ0n) is 11.0. The van der Waals surface area contributed by atoms with Crippen LogP contribution < -0.4 is 0 Å². The van der Waals surface area contributed by atoms with Gasteiger partial charge in [0.15, 0.2) is 0 Å². The van der Waals surface area contributed by atoms with E-state index in [1.165, 1.54) is 0 Å². The van der Waals surface area contributed by atoms with Crippen LogP contribution in [0.5, 0.6) is 0 Å². The average Bonchev–Trinajstić information content (AvgIpc) is 2.39. The van der Waals surface area contributed by atoms with E-state index in [0.717, 1.165) is 24.9 Å². The summed E-state index contributed by atoms with van der Waals surface area (Å²) in [6.45, 7) is 5.01. The van der Waals surface area contributed by atoms with Crippen molar-refractivity contribution in [2.75, 3.05) is 13.1 Å². The highest BCUT2D eigenvalue weighted by molar-refractivity contribution is 5.95. The van der Waals surface area contributed by atoms with Crippen LogP contribution in [0.25, 0.3) is 0 Å². The van der Waals surface area contributed by atoms with Crippen molar-refractivity contribution in [1.29, 1.82) is 0 Å². The van der Waals surface area contributed by atoms with Crippen molar-refractivity contribution in [3.8, 4) is 0 Å². The lowest BCUT2D eigenvalue weighted by atomic mass is 9.90. The zero-order chi connectivity index (χ0) is 13.2. The van der Waals surface area contributed by atoms with Gasteiger partial charge < -0.3 is 10.0 Å². The van der Waals surface area contributed by atoms with E-state index in [1.54, 1.807) is 23.4 Å². The molecule has 2 rings (SSSR count). The Morgan fingerprint density at radius 3 is 3.06 bits per heavy atom. The summed E-state index contributed by atoms with van der Waals surface area (Å²) in [5, 5.41) is 10.3. The van der Waals surface area contributed by atoms with Crippen LogP contribution in [-0.4, -0.2) is 39.6 Å². The van der Waals surface area contributed by atoms with E-state index < -0.39 is 5.60 Å². The molecule has 1 atom stereocenters. The topological polar surface area (TPSA) is 53.4 Å². The number of pyridine rings is 1. The largest absolute Gasteiger partial charge is 0.388 e. The van der Waals surface area contributed by atoms with Crippen LogP contribution >= 0.6 is 0 Å². The Hall–Kier alpha value is -1.42. The minimum Gasteiger partial charge on any atom is -0.388 e. The van der Waals surface area contributed by atoms with Gasteiger partial charge in [0.25, 0.3) is 5.91 Å². The molecule has 0 aromatic carbocycles. The molecule has 0 aliphatic carbocycles. The third-order valence-electron chi connectivity index (χ3n) is 3.75. The minimum atomic E-state index is -0.713. The van der Waals surface area contributed by atoms with Gasteiger partial charge in [-0.15, -0.1) is 0 Å². The molecule has 2 heterocycles. The fraction of sp³-hybridized carbons (Fsp3) is 0.571. The van der Waals surface area contributed by atoms with E-state index in [2.05, 4.69) is 4.98 Å². The molecule has 1 aromatic rings. The van der Waals surface area contributed by atoms with E-state index in [1.807, 2.05) is 13.8 Å². The fourth-order valence-corrected chi connectivity index (χ4v) is 2.46. The number of likely N-dealkylation sites (tertiary alicyclic amines) is 1. The van der Waals surface area contributed by atoms with Crippen LogP contribution in [0.15, 0.2) is 18.5 Å². The summed E-state index contributed by atoms with van der Waals surface area (Å²) < 4.78 is 0. The highest BCUT2D eigenvalue weighted by atomic mass is 16.3. The van der Waals surface area contributed by atoms with Gasteiger partial charge in [0.05, 0.1) is 5.60 Å². The molecule has 0 saturated carbocycles. The number of aliphatic hydroxyl groups is 1. The van der Waals surface area contributed by atoms with Crippen molar-refractivity contribution in [3.05, 3.63) is 29.6 Å². The number of β-amino-alcohol motifs (C(OH)–C–C–N with tert-alkyl or cyclic N) is 1. The SMILES string of the molecule is CC[C@]1(O)CCCN(C(=O)c2ccncc2C)C1. The maximum atomic E-state index is 12.4. The number of hydrogen-bond acceptors (Lipinski definition) is 3. The highest BCUT2D eigenvalue weighted by Crippen LogP contribution is 2.25. The molecule has 1 amide bonds. The van der Waals surface area contributed by atoms with Crippen LogP contribution in [0.2, 0.25) is 0 Å². The summed E-state index contributed by atoms with van der Waals surface area (Å²) >= 11 is 0. The molecule has 1 aliphatic rings. The molecule has 18 heavy (non-hydrogen) atoms. The summed E-state index contributed by atoms with van der Waals surface area (Å²) in [5.41, 5.74) is 0.855. The summed E-state index contributed by atoms with van der Waals surface area (Å²) in [7, 11) is 0. The van der Waals surface area contributed by atoms with E-state index in [9.17, 15) is 9.90 Å². The van der Waals surface area contributed by atoms with Crippen molar-refractivity contribution in [1.82, 2.24) is 9.88 Å². The van der Waals surface area contributed by atoms with Gasteiger partial charge in [0.2, 0.25) is 0 Å². The van der Waals surface area contributed by atoms with Gasteiger partial charge in [-0.05, 0) is 37.8 Å². The molecule has 0 bridgehead atoms. The van der Waals surface area contributed by atoms with Crippen LogP contribution in [0.1, 0.15) is 42.1 Å². The Balaban J connectivity index is 2.17. The number of aryl methyl sites for hydroxylation is 1. The maximum absolute atomic E-state index is 12.4. The smallest absolute Gasteiger partial charge is 0.254 e. The molecule has 1 fully saturated rings. The second-order valence-electron chi connectivity index (χ2n) is 5.10. The van der Waals surface area contributed by atoms with E-state index in [-0.39, 0.29) is 5.91 Å². The van der Waals surface area contributed by atoms with E-state index in [0.29, 0.717) is 18.5 Å². The van der Waals surface area contributed by atoms with Gasteiger partial charge >= 0.3 is 0 Å². The quantitative estimate of drug-likeness (QED) is 0.867. The standard InChI is InChI=1S/C14H20N2O2/c1-3-14(18)6-4-8-16(10-14)13(17)12-5-7-15-9-11(12)2/h5,7,9,18H,3-4,6,8,10H2,1-2H3/t14-/m0/s1. The van der Waals surface area contributed by atoms with Crippen LogP contribution in [-0.2, 0) is 0 Å². The second-order valence-corrected chi connectivity index (χ2v) is 5.10. The number of carbonyl (C=O) groups excluding carboxylic acids is 1. The zero-order valence-corrected chi connectivity index (χ0v) is 11.0. The molecule has 1 N–H and O–H groups in total. The molecular weight excluding hydrogens is 228 g/mol. The van der Waals surface area contributed by atoms with E-state index in [4.69, 9.17) is 0 Å². The van der Waals surface area contributed by atoms with Crippen molar-refractivity contribution in [3.63, 3.8) is 0 Å². The van der Waals surface area contributed by atoms with Crippen molar-refractivity contribution >= 4 is 5.91 Å². The van der Waals surface area contributed by atoms with Crippen molar-refractivity contribution < 1.29 is 9.90 Å². The molecule has 4 nitrogen and oxygen atoms in total. The third kappa shape index (κ3) is 2.53. The Kier molecular flexibility index (Phi) is 3.66. The number of piperidine rings is 1. The third-order valence-corrected chi connectivity index (χ3v) is 3.75. The lowest BCUT2D eigenvalue weighted by molar-refractivity contribution is -0.0270. The van der Waals surface area contributed by atoms with Crippen molar-refractivity contribution in [2.24, 2.45) is 0 Å². The molecule has 0 radical (unpaired) electrons. The Labute approximate surface area is 108 Å². The van der Waals surface area contributed by atoms with Crippen LogP contribution in [0, 0.1) is 6.92 Å². The van der Waals surface area contributed by atoms with Gasteiger partial charge in [-0.1, -0.05) is 6.92 Å². The number of carbonyl (C=O) groups is 1. The first-order chi connectivity index (χ1) is 8.56. The molecule has 4 heteroatoms. The van der Waals surface area contributed by atoms with Crippen LogP contribution in [0.4, 0.5) is 0 Å². The minimum absolute atomic E-state index is 0.00137. The lowest BCUT2D eigenvalue weighted by Crippen LogP contribution is -2.50. The van der Waals surface area contributed by atoms with Gasteiger partial charge in [-0.2, -0.15) is 0 Å². The first-order valence-corrected chi connectivity index (χ1v) is 6.48. The molecule has 0 spiro atoms. The Morgan fingerprint density at radius 2 is 2.39 bits per heavy atom. The highest BCUT2D eigenvalue weighted by Gasteiger charge is 2.34. The van der Waals surface area contributed by atoms with Crippen LogP contribution in [0.3, 0.4) is 0 Å². The number of rotatable bonds is 2. The lowest BCUT2D eigenvalue weighted by Gasteiger charge is -2.38. The van der Waals surface area contributed by atoms with E-state index >= 15 is 0 Å². The Morgan fingerprint density at radius 1 is 1.61 bits per heavy atom. The molecule has 1 aromatic heterocycles. The Bertz CT molecular complexity index is 447. The first-order valence-electron chi connectivity index (χ1n) is 6.48. The van der Waals surface area contributed by atoms with Gasteiger partial charge in [-0.3, -0.25) is 9.78 Å². The first kappa shape index (κ1) is 13.0. The normalized spacial score (nSPS) is 24.1. The molecule has 1 saturated heterocycles. The number of hydrogen-bond donors (Lipinski definition) is 1. The van der Waals surface area contributed by atoms with Gasteiger partial charge in [0, 0.05) is 31.0 Å². The van der Waals surface area contributed by atoms with Gasteiger partial charge in [-0.25, -0.2) is 0 Å². The molecule has 98 valence electrons. The number of nitrogens with zero attached hydrogens (tertiary/aromatic N) is 2.